The molecule has 120 valence electrons. The van der Waals surface area contributed by atoms with Crippen molar-refractivity contribution in [2.45, 2.75) is 52.3 Å². The summed E-state index contributed by atoms with van der Waals surface area (Å²) in [5, 5.41) is 3.32. The second-order valence-corrected chi connectivity index (χ2v) is 6.12. The highest BCUT2D eigenvalue weighted by atomic mass is 79.9. The highest BCUT2D eigenvalue weighted by molar-refractivity contribution is 9.10. The van der Waals surface area contributed by atoms with Gasteiger partial charge in [0.15, 0.2) is 0 Å². The van der Waals surface area contributed by atoms with Gasteiger partial charge >= 0.3 is 6.18 Å². The molecule has 0 saturated carbocycles. The lowest BCUT2D eigenvalue weighted by molar-refractivity contribution is -0.137. The first kappa shape index (κ1) is 18.5. The summed E-state index contributed by atoms with van der Waals surface area (Å²) in [5.74, 6) is 0.510. The zero-order valence-corrected chi connectivity index (χ0v) is 14.3. The van der Waals surface area contributed by atoms with Gasteiger partial charge in [0.1, 0.15) is 0 Å². The van der Waals surface area contributed by atoms with E-state index in [9.17, 15) is 13.2 Å². The zero-order chi connectivity index (χ0) is 16.0. The molecule has 1 aromatic rings. The van der Waals surface area contributed by atoms with E-state index >= 15 is 0 Å². The lowest BCUT2D eigenvalue weighted by Crippen LogP contribution is -2.24. The third kappa shape index (κ3) is 5.29. The first-order chi connectivity index (χ1) is 9.83. The van der Waals surface area contributed by atoms with E-state index in [-0.39, 0.29) is 6.04 Å². The Morgan fingerprint density at radius 2 is 1.76 bits per heavy atom. The van der Waals surface area contributed by atoms with Crippen LogP contribution < -0.4 is 5.32 Å². The molecule has 21 heavy (non-hydrogen) atoms. The lowest BCUT2D eigenvalue weighted by atomic mass is 9.90. The van der Waals surface area contributed by atoms with Gasteiger partial charge in [0, 0.05) is 10.5 Å². The number of halogens is 4. The number of alkyl halides is 3. The average molecular weight is 366 g/mol. The minimum atomic E-state index is -4.30. The predicted octanol–water partition coefficient (Wildman–Crippen LogP) is 5.94. The maximum Gasteiger partial charge on any atom is 0.416 e. The quantitative estimate of drug-likeness (QED) is 0.629. The molecule has 0 fully saturated rings. The van der Waals surface area contributed by atoms with Crippen molar-refractivity contribution >= 4 is 15.9 Å². The molecule has 0 aliphatic heterocycles. The van der Waals surface area contributed by atoms with Gasteiger partial charge in [0.25, 0.3) is 0 Å². The summed E-state index contributed by atoms with van der Waals surface area (Å²) in [5.41, 5.74) is 0.103. The fourth-order valence-electron chi connectivity index (χ4n) is 2.51. The van der Waals surface area contributed by atoms with Crippen LogP contribution >= 0.6 is 15.9 Å². The summed E-state index contributed by atoms with van der Waals surface area (Å²) in [6.07, 6.45) is -1.38. The Balaban J connectivity index is 3.11. The van der Waals surface area contributed by atoms with Gasteiger partial charge in [0.05, 0.1) is 5.56 Å². The van der Waals surface area contributed by atoms with E-state index in [4.69, 9.17) is 0 Å². The van der Waals surface area contributed by atoms with E-state index in [1.165, 1.54) is 12.1 Å². The molecule has 0 amide bonds. The Morgan fingerprint density at radius 1 is 1.14 bits per heavy atom. The van der Waals surface area contributed by atoms with E-state index in [1.807, 2.05) is 6.92 Å². The molecule has 0 saturated heterocycles. The van der Waals surface area contributed by atoms with Crippen molar-refractivity contribution in [3.63, 3.8) is 0 Å². The molecule has 1 rings (SSSR count). The Morgan fingerprint density at radius 3 is 2.24 bits per heavy atom. The summed E-state index contributed by atoms with van der Waals surface area (Å²) in [4.78, 5) is 0. The van der Waals surface area contributed by atoms with Crippen molar-refractivity contribution in [1.29, 1.82) is 0 Å². The van der Waals surface area contributed by atoms with Crippen molar-refractivity contribution in [2.75, 3.05) is 6.54 Å². The first-order valence-electron chi connectivity index (χ1n) is 7.43. The van der Waals surface area contributed by atoms with Crippen LogP contribution in [-0.4, -0.2) is 6.54 Å². The molecule has 1 aromatic carbocycles. The minimum absolute atomic E-state index is 0.0587. The molecule has 1 N–H and O–H groups in total. The van der Waals surface area contributed by atoms with Crippen molar-refractivity contribution in [1.82, 2.24) is 5.32 Å². The van der Waals surface area contributed by atoms with Gasteiger partial charge in [-0.05, 0) is 42.6 Å². The second-order valence-electron chi connectivity index (χ2n) is 5.26. The van der Waals surface area contributed by atoms with Gasteiger partial charge < -0.3 is 5.32 Å². The monoisotopic (exact) mass is 365 g/mol. The van der Waals surface area contributed by atoms with Gasteiger partial charge in [-0.15, -0.1) is 0 Å². The zero-order valence-electron chi connectivity index (χ0n) is 12.7. The number of hydrogen-bond donors (Lipinski definition) is 1. The molecule has 0 radical (unpaired) electrons. The third-order valence-corrected chi connectivity index (χ3v) is 4.60. The van der Waals surface area contributed by atoms with Crippen LogP contribution in [0.2, 0.25) is 0 Å². The summed E-state index contributed by atoms with van der Waals surface area (Å²) in [7, 11) is 0. The topological polar surface area (TPSA) is 12.0 Å². The van der Waals surface area contributed by atoms with Crippen molar-refractivity contribution < 1.29 is 13.2 Å². The number of hydrogen-bond acceptors (Lipinski definition) is 1. The Kier molecular flexibility index (Phi) is 7.21. The fourth-order valence-corrected chi connectivity index (χ4v) is 3.03. The summed E-state index contributed by atoms with van der Waals surface area (Å²) in [6.45, 7) is 6.95. The van der Waals surface area contributed by atoms with Gasteiger partial charge in [-0.2, -0.15) is 13.2 Å². The minimum Gasteiger partial charge on any atom is -0.310 e. The van der Waals surface area contributed by atoms with E-state index in [0.29, 0.717) is 11.5 Å². The Hall–Kier alpha value is -0.550. The predicted molar refractivity (Wildman–Crippen MR) is 84.3 cm³/mol. The van der Waals surface area contributed by atoms with Crippen LogP contribution in [0.25, 0.3) is 0 Å². The van der Waals surface area contributed by atoms with Crippen LogP contribution in [0.3, 0.4) is 0 Å². The SMILES string of the molecule is CCNC(CC(CC)CC)c1cc(C(F)(F)F)ccc1Br. The summed E-state index contributed by atoms with van der Waals surface area (Å²) < 4.78 is 39.5. The molecule has 0 heterocycles. The molecule has 0 bridgehead atoms. The van der Waals surface area contributed by atoms with E-state index < -0.39 is 11.7 Å². The molecule has 1 nitrogen and oxygen atoms in total. The highest BCUT2D eigenvalue weighted by Gasteiger charge is 2.31. The summed E-state index contributed by atoms with van der Waals surface area (Å²) >= 11 is 3.39. The molecule has 1 unspecified atom stereocenters. The van der Waals surface area contributed by atoms with Gasteiger partial charge in [-0.25, -0.2) is 0 Å². The average Bonchev–Trinajstić information content (AvgIpc) is 2.43. The van der Waals surface area contributed by atoms with Crippen LogP contribution in [0.15, 0.2) is 22.7 Å². The van der Waals surface area contributed by atoms with E-state index in [2.05, 4.69) is 35.1 Å². The highest BCUT2D eigenvalue weighted by Crippen LogP contribution is 2.36. The maximum absolute atomic E-state index is 12.9. The van der Waals surface area contributed by atoms with E-state index in [1.54, 1.807) is 0 Å². The number of rotatable bonds is 7. The smallest absolute Gasteiger partial charge is 0.310 e. The van der Waals surface area contributed by atoms with Crippen molar-refractivity contribution in [3.05, 3.63) is 33.8 Å². The van der Waals surface area contributed by atoms with Crippen LogP contribution in [0, 0.1) is 5.92 Å². The molecule has 0 aliphatic carbocycles. The van der Waals surface area contributed by atoms with Gasteiger partial charge in [-0.3, -0.25) is 0 Å². The first-order valence-corrected chi connectivity index (χ1v) is 8.22. The van der Waals surface area contributed by atoms with Crippen molar-refractivity contribution in [3.8, 4) is 0 Å². The molecule has 1 atom stereocenters. The molecular formula is C16H23BrF3N. The third-order valence-electron chi connectivity index (χ3n) is 3.87. The number of benzene rings is 1. The summed E-state index contributed by atoms with van der Waals surface area (Å²) in [6, 6.07) is 3.82. The van der Waals surface area contributed by atoms with Crippen LogP contribution in [-0.2, 0) is 6.18 Å². The standard InChI is InChI=1S/C16H23BrF3N/c1-4-11(5-2)9-15(21-6-3)13-10-12(16(18,19)20)7-8-14(13)17/h7-8,10-11,15,21H,4-6,9H2,1-3H3. The van der Waals surface area contributed by atoms with Crippen LogP contribution in [0.5, 0.6) is 0 Å². The molecular weight excluding hydrogens is 343 g/mol. The Bertz CT molecular complexity index is 442. The van der Waals surface area contributed by atoms with Crippen LogP contribution in [0.4, 0.5) is 13.2 Å². The molecule has 0 spiro atoms. The molecule has 5 heteroatoms. The van der Waals surface area contributed by atoms with Gasteiger partial charge in [0.2, 0.25) is 0 Å². The van der Waals surface area contributed by atoms with Crippen molar-refractivity contribution in [2.24, 2.45) is 5.92 Å². The Labute approximate surface area is 133 Å². The fraction of sp³-hybridized carbons (Fsp3) is 0.625. The maximum atomic E-state index is 12.9. The normalized spacial score (nSPS) is 13.7. The number of nitrogens with one attached hydrogen (secondary N) is 1. The van der Waals surface area contributed by atoms with Crippen LogP contribution in [0.1, 0.15) is 57.2 Å². The molecule has 0 aromatic heterocycles. The lowest BCUT2D eigenvalue weighted by Gasteiger charge is -2.25. The van der Waals surface area contributed by atoms with E-state index in [0.717, 1.165) is 36.3 Å². The van der Waals surface area contributed by atoms with Gasteiger partial charge in [-0.1, -0.05) is 49.5 Å². The second kappa shape index (κ2) is 8.18. The largest absolute Gasteiger partial charge is 0.416 e. The molecule has 0 aliphatic rings.